The molecule has 17 heavy (non-hydrogen) atoms. The zero-order chi connectivity index (χ0) is 12.9. The van der Waals surface area contributed by atoms with E-state index in [2.05, 4.69) is 12.2 Å². The molecule has 3 heteroatoms. The summed E-state index contributed by atoms with van der Waals surface area (Å²) in [7, 11) is 0. The molecule has 3 N–H and O–H groups in total. The standard InChI is InChI=1S/C14H28N2O/c1-4-14(9-6-10-14)16-13(17)11(2)7-5-8-12(3)15/h11-12H,4-10,15H2,1-3H3,(H,16,17). The summed E-state index contributed by atoms with van der Waals surface area (Å²) < 4.78 is 0. The molecule has 0 bridgehead atoms. The molecule has 100 valence electrons. The molecular weight excluding hydrogens is 212 g/mol. The van der Waals surface area contributed by atoms with Crippen LogP contribution >= 0.6 is 0 Å². The third kappa shape index (κ3) is 4.30. The molecule has 0 spiro atoms. The fraction of sp³-hybridized carbons (Fsp3) is 0.929. The summed E-state index contributed by atoms with van der Waals surface area (Å²) in [6.07, 6.45) is 7.64. The topological polar surface area (TPSA) is 55.1 Å². The van der Waals surface area contributed by atoms with Gasteiger partial charge in [-0.3, -0.25) is 4.79 Å². The maximum absolute atomic E-state index is 12.0. The van der Waals surface area contributed by atoms with Crippen LogP contribution in [0.2, 0.25) is 0 Å². The lowest BCUT2D eigenvalue weighted by Gasteiger charge is -2.42. The highest BCUT2D eigenvalue weighted by atomic mass is 16.2. The van der Waals surface area contributed by atoms with E-state index >= 15 is 0 Å². The minimum Gasteiger partial charge on any atom is -0.350 e. The molecule has 0 aromatic carbocycles. The van der Waals surface area contributed by atoms with Gasteiger partial charge in [0.1, 0.15) is 0 Å². The van der Waals surface area contributed by atoms with Gasteiger partial charge in [0.15, 0.2) is 0 Å². The molecule has 0 aromatic heterocycles. The molecule has 1 fully saturated rings. The van der Waals surface area contributed by atoms with Crippen molar-refractivity contribution in [2.75, 3.05) is 0 Å². The third-order valence-corrected chi connectivity index (χ3v) is 4.12. The highest BCUT2D eigenvalue weighted by molar-refractivity contribution is 5.79. The first-order valence-corrected chi connectivity index (χ1v) is 7.07. The molecule has 0 radical (unpaired) electrons. The van der Waals surface area contributed by atoms with Gasteiger partial charge in [-0.15, -0.1) is 0 Å². The lowest BCUT2D eigenvalue weighted by Crippen LogP contribution is -2.54. The fourth-order valence-corrected chi connectivity index (χ4v) is 2.43. The van der Waals surface area contributed by atoms with Crippen molar-refractivity contribution in [3.05, 3.63) is 0 Å². The first-order valence-electron chi connectivity index (χ1n) is 7.07. The van der Waals surface area contributed by atoms with Crippen LogP contribution in [-0.2, 0) is 4.79 Å². The third-order valence-electron chi connectivity index (χ3n) is 4.12. The molecule has 2 unspecified atom stereocenters. The lowest BCUT2D eigenvalue weighted by molar-refractivity contribution is -0.128. The van der Waals surface area contributed by atoms with E-state index in [9.17, 15) is 4.79 Å². The molecule has 3 nitrogen and oxygen atoms in total. The molecule has 0 saturated heterocycles. The average molecular weight is 240 g/mol. The molecule has 0 aromatic rings. The summed E-state index contributed by atoms with van der Waals surface area (Å²) >= 11 is 0. The Morgan fingerprint density at radius 3 is 2.41 bits per heavy atom. The quantitative estimate of drug-likeness (QED) is 0.718. The zero-order valence-corrected chi connectivity index (χ0v) is 11.6. The van der Waals surface area contributed by atoms with Gasteiger partial charge in [-0.2, -0.15) is 0 Å². The van der Waals surface area contributed by atoms with Crippen molar-refractivity contribution >= 4 is 5.91 Å². The van der Waals surface area contributed by atoms with Crippen molar-refractivity contribution in [2.45, 2.75) is 77.3 Å². The molecule has 0 aliphatic heterocycles. The van der Waals surface area contributed by atoms with Gasteiger partial charge in [-0.05, 0) is 45.4 Å². The van der Waals surface area contributed by atoms with Gasteiger partial charge >= 0.3 is 0 Å². The summed E-state index contributed by atoms with van der Waals surface area (Å²) in [5.41, 5.74) is 5.84. The molecule has 1 aliphatic rings. The monoisotopic (exact) mass is 240 g/mol. The van der Waals surface area contributed by atoms with Crippen LogP contribution in [-0.4, -0.2) is 17.5 Å². The maximum Gasteiger partial charge on any atom is 0.223 e. The number of hydrogen-bond donors (Lipinski definition) is 2. The van der Waals surface area contributed by atoms with Crippen molar-refractivity contribution < 1.29 is 4.79 Å². The van der Waals surface area contributed by atoms with E-state index in [4.69, 9.17) is 5.73 Å². The Kier molecular flexibility index (Phi) is 5.44. The molecule has 0 heterocycles. The Hall–Kier alpha value is -0.570. The second-order valence-electron chi connectivity index (χ2n) is 5.79. The Labute approximate surface area is 106 Å². The fourth-order valence-electron chi connectivity index (χ4n) is 2.43. The van der Waals surface area contributed by atoms with E-state index in [-0.39, 0.29) is 23.4 Å². The summed E-state index contributed by atoms with van der Waals surface area (Å²) in [5, 5.41) is 3.25. The van der Waals surface area contributed by atoms with E-state index in [1.54, 1.807) is 0 Å². The van der Waals surface area contributed by atoms with Crippen LogP contribution in [0.25, 0.3) is 0 Å². The smallest absolute Gasteiger partial charge is 0.223 e. The largest absolute Gasteiger partial charge is 0.350 e. The minimum absolute atomic E-state index is 0.123. The van der Waals surface area contributed by atoms with Gasteiger partial charge < -0.3 is 11.1 Å². The Morgan fingerprint density at radius 2 is 2.00 bits per heavy atom. The average Bonchev–Trinajstić information content (AvgIpc) is 2.22. The molecule has 1 rings (SSSR count). The first-order chi connectivity index (χ1) is 7.99. The van der Waals surface area contributed by atoms with Crippen LogP contribution in [0, 0.1) is 5.92 Å². The molecule has 2 atom stereocenters. The van der Waals surface area contributed by atoms with Crippen molar-refractivity contribution in [1.82, 2.24) is 5.32 Å². The van der Waals surface area contributed by atoms with Gasteiger partial charge in [-0.1, -0.05) is 20.3 Å². The van der Waals surface area contributed by atoms with Gasteiger partial charge in [0.2, 0.25) is 5.91 Å². The van der Waals surface area contributed by atoms with E-state index in [1.165, 1.54) is 6.42 Å². The van der Waals surface area contributed by atoms with Crippen molar-refractivity contribution in [3.63, 3.8) is 0 Å². The number of rotatable bonds is 7. The number of hydrogen-bond acceptors (Lipinski definition) is 2. The van der Waals surface area contributed by atoms with Crippen LogP contribution in [0.3, 0.4) is 0 Å². The SMILES string of the molecule is CCC1(NC(=O)C(C)CCCC(C)N)CCC1. The van der Waals surface area contributed by atoms with E-state index in [1.807, 2.05) is 13.8 Å². The Bertz CT molecular complexity index is 241. The number of amides is 1. The highest BCUT2D eigenvalue weighted by Gasteiger charge is 2.37. The zero-order valence-electron chi connectivity index (χ0n) is 11.6. The second-order valence-corrected chi connectivity index (χ2v) is 5.79. The minimum atomic E-state index is 0.123. The number of nitrogens with one attached hydrogen (secondary N) is 1. The molecule has 1 amide bonds. The van der Waals surface area contributed by atoms with Crippen LogP contribution < -0.4 is 11.1 Å². The highest BCUT2D eigenvalue weighted by Crippen LogP contribution is 2.34. The molecule has 1 saturated carbocycles. The van der Waals surface area contributed by atoms with Gasteiger partial charge in [0.25, 0.3) is 0 Å². The Balaban J connectivity index is 2.26. The summed E-state index contributed by atoms with van der Waals surface area (Å²) in [4.78, 5) is 12.0. The molecular formula is C14H28N2O. The summed E-state index contributed by atoms with van der Waals surface area (Å²) in [5.74, 6) is 0.356. The lowest BCUT2D eigenvalue weighted by atomic mass is 9.74. The predicted octanol–water partition coefficient (Wildman–Crippen LogP) is 2.59. The predicted molar refractivity (Wildman–Crippen MR) is 71.7 cm³/mol. The normalized spacial score (nSPS) is 21.4. The summed E-state index contributed by atoms with van der Waals surface area (Å²) in [6.45, 7) is 6.21. The van der Waals surface area contributed by atoms with Gasteiger partial charge in [0, 0.05) is 17.5 Å². The second kappa shape index (κ2) is 6.39. The van der Waals surface area contributed by atoms with Crippen molar-refractivity contribution in [1.29, 1.82) is 0 Å². The first kappa shape index (κ1) is 14.5. The van der Waals surface area contributed by atoms with Gasteiger partial charge in [0.05, 0.1) is 0 Å². The molecule has 1 aliphatic carbocycles. The van der Waals surface area contributed by atoms with Crippen molar-refractivity contribution in [2.24, 2.45) is 11.7 Å². The van der Waals surface area contributed by atoms with Crippen LogP contribution in [0.15, 0.2) is 0 Å². The number of carbonyl (C=O) groups excluding carboxylic acids is 1. The van der Waals surface area contributed by atoms with Crippen LogP contribution in [0.4, 0.5) is 0 Å². The number of carbonyl (C=O) groups is 1. The van der Waals surface area contributed by atoms with E-state index < -0.39 is 0 Å². The van der Waals surface area contributed by atoms with E-state index in [0.717, 1.165) is 38.5 Å². The summed E-state index contributed by atoms with van der Waals surface area (Å²) in [6, 6.07) is 0.249. The maximum atomic E-state index is 12.0. The van der Waals surface area contributed by atoms with Crippen LogP contribution in [0.5, 0.6) is 0 Å². The van der Waals surface area contributed by atoms with Gasteiger partial charge in [-0.25, -0.2) is 0 Å². The van der Waals surface area contributed by atoms with Crippen molar-refractivity contribution in [3.8, 4) is 0 Å². The van der Waals surface area contributed by atoms with Crippen LogP contribution in [0.1, 0.15) is 65.7 Å². The number of nitrogens with two attached hydrogens (primary N) is 1. The van der Waals surface area contributed by atoms with E-state index in [0.29, 0.717) is 0 Å². The Morgan fingerprint density at radius 1 is 1.35 bits per heavy atom.